The normalized spacial score (nSPS) is 8.25. The van der Waals surface area contributed by atoms with Crippen molar-refractivity contribution in [1.29, 1.82) is 5.26 Å². The highest BCUT2D eigenvalue weighted by atomic mass is 15.1. The molecule has 0 bridgehead atoms. The van der Waals surface area contributed by atoms with E-state index in [4.69, 9.17) is 10.8 Å². The van der Waals surface area contributed by atoms with Gasteiger partial charge in [-0.2, -0.15) is 5.26 Å². The monoisotopic (exact) mass is 210 g/mol. The highest BCUT2D eigenvalue weighted by Crippen LogP contribution is 2.11. The lowest BCUT2D eigenvalue weighted by atomic mass is 10.0. The summed E-state index contributed by atoms with van der Waals surface area (Å²) in [5, 5.41) is 12.2. The van der Waals surface area contributed by atoms with Crippen molar-refractivity contribution in [2.24, 2.45) is 5.11 Å². The molecule has 0 saturated heterocycles. The molecule has 0 aliphatic heterocycles. The van der Waals surface area contributed by atoms with Crippen molar-refractivity contribution in [1.82, 2.24) is 0 Å². The van der Waals surface area contributed by atoms with Crippen LogP contribution in [0.1, 0.15) is 23.1 Å². The molecule has 0 spiro atoms. The number of benzene rings is 1. The standard InChI is InChI=1S/C12H10N4/c1-10-11(5-2-3-8-15-16-14)6-4-7-12(10)9-13/h4,6-7H,3,8H2,1H3. The fourth-order valence-corrected chi connectivity index (χ4v) is 1.20. The zero-order valence-corrected chi connectivity index (χ0v) is 8.94. The van der Waals surface area contributed by atoms with E-state index in [0.717, 1.165) is 11.1 Å². The molecule has 1 aromatic rings. The van der Waals surface area contributed by atoms with Crippen molar-refractivity contribution in [2.45, 2.75) is 13.3 Å². The second-order valence-electron chi connectivity index (χ2n) is 3.10. The summed E-state index contributed by atoms with van der Waals surface area (Å²) in [5.74, 6) is 5.87. The molecule has 0 atom stereocenters. The molecule has 0 aliphatic rings. The Kier molecular flexibility index (Phi) is 4.47. The number of nitriles is 1. The lowest BCUT2D eigenvalue weighted by Gasteiger charge is -1.98. The SMILES string of the molecule is Cc1c(C#N)cccc1C#CCCN=[N+]=[N-]. The predicted molar refractivity (Wildman–Crippen MR) is 61.4 cm³/mol. The largest absolute Gasteiger partial charge is 0.192 e. The van der Waals surface area contributed by atoms with Gasteiger partial charge in [0.2, 0.25) is 0 Å². The first kappa shape index (κ1) is 11.7. The third kappa shape index (κ3) is 3.06. The van der Waals surface area contributed by atoms with E-state index in [9.17, 15) is 0 Å². The third-order valence-electron chi connectivity index (χ3n) is 2.08. The molecule has 0 saturated carbocycles. The fraction of sp³-hybridized carbons (Fsp3) is 0.250. The summed E-state index contributed by atoms with van der Waals surface area (Å²) in [7, 11) is 0. The van der Waals surface area contributed by atoms with Crippen LogP contribution in [0.5, 0.6) is 0 Å². The Labute approximate surface area is 94.1 Å². The van der Waals surface area contributed by atoms with Crippen LogP contribution in [0.3, 0.4) is 0 Å². The van der Waals surface area contributed by atoms with Gasteiger partial charge in [-0.05, 0) is 30.2 Å². The van der Waals surface area contributed by atoms with Gasteiger partial charge < -0.3 is 0 Å². The van der Waals surface area contributed by atoms with E-state index >= 15 is 0 Å². The summed E-state index contributed by atoms with van der Waals surface area (Å²) < 4.78 is 0. The van der Waals surface area contributed by atoms with Crippen LogP contribution in [0.15, 0.2) is 23.3 Å². The minimum Gasteiger partial charge on any atom is -0.192 e. The lowest BCUT2D eigenvalue weighted by Crippen LogP contribution is -1.87. The van der Waals surface area contributed by atoms with Crippen molar-refractivity contribution in [3.8, 4) is 17.9 Å². The van der Waals surface area contributed by atoms with Crippen molar-refractivity contribution in [2.75, 3.05) is 6.54 Å². The van der Waals surface area contributed by atoms with Crippen LogP contribution < -0.4 is 0 Å². The average Bonchev–Trinajstić information content (AvgIpc) is 2.31. The first-order chi connectivity index (χ1) is 7.79. The van der Waals surface area contributed by atoms with Gasteiger partial charge in [-0.15, -0.1) is 0 Å². The zero-order chi connectivity index (χ0) is 11.8. The molecule has 0 radical (unpaired) electrons. The topological polar surface area (TPSA) is 72.5 Å². The third-order valence-corrected chi connectivity index (χ3v) is 2.08. The molecule has 0 N–H and O–H groups in total. The summed E-state index contributed by atoms with van der Waals surface area (Å²) >= 11 is 0. The number of azide groups is 1. The Morgan fingerprint density at radius 3 is 2.88 bits per heavy atom. The molecule has 16 heavy (non-hydrogen) atoms. The van der Waals surface area contributed by atoms with Gasteiger partial charge in [-0.1, -0.05) is 23.0 Å². The minimum atomic E-state index is 0.375. The minimum absolute atomic E-state index is 0.375. The smallest absolute Gasteiger partial charge is 0.0994 e. The van der Waals surface area contributed by atoms with Crippen molar-refractivity contribution < 1.29 is 0 Å². The maximum Gasteiger partial charge on any atom is 0.0994 e. The van der Waals surface area contributed by atoms with Crippen LogP contribution in [-0.4, -0.2) is 6.54 Å². The van der Waals surface area contributed by atoms with Gasteiger partial charge in [0.05, 0.1) is 11.6 Å². The van der Waals surface area contributed by atoms with Crippen LogP contribution in [0.25, 0.3) is 10.4 Å². The lowest BCUT2D eigenvalue weighted by molar-refractivity contribution is 1.01. The Morgan fingerprint density at radius 1 is 1.44 bits per heavy atom. The maximum absolute atomic E-state index is 8.83. The summed E-state index contributed by atoms with van der Waals surface area (Å²) in [6, 6.07) is 7.56. The molecule has 1 aromatic carbocycles. The number of rotatable bonds is 2. The summed E-state index contributed by atoms with van der Waals surface area (Å²) in [6.07, 6.45) is 0.528. The molecule has 0 fully saturated rings. The highest BCUT2D eigenvalue weighted by Gasteiger charge is 1.99. The van der Waals surface area contributed by atoms with E-state index < -0.39 is 0 Å². The quantitative estimate of drug-likeness (QED) is 0.243. The van der Waals surface area contributed by atoms with E-state index in [0.29, 0.717) is 18.5 Å². The van der Waals surface area contributed by atoms with E-state index in [1.165, 1.54) is 0 Å². The second kappa shape index (κ2) is 6.14. The van der Waals surface area contributed by atoms with Gasteiger partial charge >= 0.3 is 0 Å². The maximum atomic E-state index is 8.83. The van der Waals surface area contributed by atoms with Crippen LogP contribution in [0.2, 0.25) is 0 Å². The Hall–Kier alpha value is -2.42. The van der Waals surface area contributed by atoms with Crippen molar-refractivity contribution in [3.05, 3.63) is 45.3 Å². The van der Waals surface area contributed by atoms with Crippen LogP contribution >= 0.6 is 0 Å². The summed E-state index contributed by atoms with van der Waals surface area (Å²) in [6.45, 7) is 2.25. The first-order valence-electron chi connectivity index (χ1n) is 4.79. The molecular weight excluding hydrogens is 200 g/mol. The molecule has 4 heteroatoms. The van der Waals surface area contributed by atoms with Gasteiger partial charge in [-0.25, -0.2) is 0 Å². The molecule has 0 amide bonds. The highest BCUT2D eigenvalue weighted by molar-refractivity contribution is 5.49. The molecular formula is C12H10N4. The summed E-state index contributed by atoms with van der Waals surface area (Å²) in [5.41, 5.74) is 10.4. The van der Waals surface area contributed by atoms with E-state index in [1.54, 1.807) is 6.07 Å². The average molecular weight is 210 g/mol. The molecule has 78 valence electrons. The van der Waals surface area contributed by atoms with Gasteiger partial charge in [0.1, 0.15) is 0 Å². The number of nitrogens with zero attached hydrogens (tertiary/aromatic N) is 4. The predicted octanol–water partition coefficient (Wildman–Crippen LogP) is 2.92. The first-order valence-corrected chi connectivity index (χ1v) is 4.79. The van der Waals surface area contributed by atoms with E-state index in [-0.39, 0.29) is 0 Å². The summed E-state index contributed by atoms with van der Waals surface area (Å²) in [4.78, 5) is 2.64. The van der Waals surface area contributed by atoms with Crippen molar-refractivity contribution in [3.63, 3.8) is 0 Å². The zero-order valence-electron chi connectivity index (χ0n) is 8.94. The van der Waals surface area contributed by atoms with Gasteiger partial charge in [-0.3, -0.25) is 0 Å². The van der Waals surface area contributed by atoms with Crippen molar-refractivity contribution >= 4 is 0 Å². The molecule has 0 unspecified atom stereocenters. The molecule has 0 aromatic heterocycles. The Balaban J connectivity index is 2.82. The van der Waals surface area contributed by atoms with Gasteiger partial charge in [0.25, 0.3) is 0 Å². The van der Waals surface area contributed by atoms with Crippen LogP contribution in [0, 0.1) is 30.1 Å². The number of hydrogen-bond donors (Lipinski definition) is 0. The van der Waals surface area contributed by atoms with Crippen LogP contribution in [-0.2, 0) is 0 Å². The Bertz CT molecular complexity index is 522. The second-order valence-corrected chi connectivity index (χ2v) is 3.10. The van der Waals surface area contributed by atoms with Crippen LogP contribution in [0.4, 0.5) is 0 Å². The Morgan fingerprint density at radius 2 is 2.19 bits per heavy atom. The molecule has 0 aliphatic carbocycles. The molecule has 0 heterocycles. The van der Waals surface area contributed by atoms with Gasteiger partial charge in [0.15, 0.2) is 0 Å². The number of hydrogen-bond acceptors (Lipinski definition) is 2. The van der Waals surface area contributed by atoms with E-state index in [1.807, 2.05) is 19.1 Å². The molecule has 1 rings (SSSR count). The van der Waals surface area contributed by atoms with E-state index in [2.05, 4.69) is 27.9 Å². The van der Waals surface area contributed by atoms with Gasteiger partial charge in [0, 0.05) is 23.4 Å². The molecule has 4 nitrogen and oxygen atoms in total. The fourth-order valence-electron chi connectivity index (χ4n) is 1.20.